The number of benzene rings is 1. The highest BCUT2D eigenvalue weighted by Gasteiger charge is 2.24. The fraction of sp³-hybridized carbons (Fsp3) is 0.538. The van der Waals surface area contributed by atoms with E-state index in [1.807, 2.05) is 13.8 Å². The van der Waals surface area contributed by atoms with Crippen molar-refractivity contribution in [2.75, 3.05) is 19.7 Å². The summed E-state index contributed by atoms with van der Waals surface area (Å²) in [6.45, 7) is 3.96. The average molecular weight is 259 g/mol. The minimum atomic E-state index is -0.834. The van der Waals surface area contributed by atoms with Crippen LogP contribution >= 0.6 is 0 Å². The van der Waals surface area contributed by atoms with Crippen LogP contribution in [0.1, 0.15) is 19.4 Å². The van der Waals surface area contributed by atoms with Crippen molar-refractivity contribution in [3.8, 4) is 0 Å². The third-order valence-electron chi connectivity index (χ3n) is 2.82. The van der Waals surface area contributed by atoms with E-state index in [1.165, 1.54) is 12.1 Å². The molecule has 5 heteroatoms. The molecule has 3 N–H and O–H groups in total. The van der Waals surface area contributed by atoms with Gasteiger partial charge < -0.3 is 15.5 Å². The molecule has 0 aromatic heterocycles. The number of hydrogen-bond donors (Lipinski definition) is 3. The first-order chi connectivity index (χ1) is 8.36. The first-order valence-corrected chi connectivity index (χ1v) is 5.82. The largest absolute Gasteiger partial charge is 0.394 e. The smallest absolute Gasteiger partial charge is 0.129 e. The second-order valence-corrected chi connectivity index (χ2v) is 4.98. The zero-order chi connectivity index (χ0) is 13.8. The maximum Gasteiger partial charge on any atom is 0.129 e. The molecule has 0 bridgehead atoms. The molecule has 0 fully saturated rings. The van der Waals surface area contributed by atoms with Gasteiger partial charge in [0.05, 0.1) is 12.7 Å². The topological polar surface area (TPSA) is 52.5 Å². The second kappa shape index (κ2) is 6.22. The van der Waals surface area contributed by atoms with E-state index < -0.39 is 23.2 Å². The van der Waals surface area contributed by atoms with Crippen molar-refractivity contribution in [3.63, 3.8) is 0 Å². The number of nitrogens with one attached hydrogen (secondary N) is 1. The van der Waals surface area contributed by atoms with E-state index in [-0.39, 0.29) is 13.2 Å². The van der Waals surface area contributed by atoms with Gasteiger partial charge in [-0.25, -0.2) is 8.78 Å². The number of halogens is 2. The molecule has 0 spiro atoms. The summed E-state index contributed by atoms with van der Waals surface area (Å²) in [6, 6.07) is 3.51. The van der Waals surface area contributed by atoms with Crippen LogP contribution in [-0.2, 0) is 5.41 Å². The molecule has 18 heavy (non-hydrogen) atoms. The fourth-order valence-electron chi connectivity index (χ4n) is 1.75. The van der Waals surface area contributed by atoms with Crippen molar-refractivity contribution in [2.45, 2.75) is 25.4 Å². The minimum Gasteiger partial charge on any atom is -0.394 e. The predicted molar refractivity (Wildman–Crippen MR) is 65.3 cm³/mol. The van der Waals surface area contributed by atoms with Crippen molar-refractivity contribution in [3.05, 3.63) is 35.4 Å². The lowest BCUT2D eigenvalue weighted by molar-refractivity contribution is 0.0934. The summed E-state index contributed by atoms with van der Waals surface area (Å²) in [7, 11) is 0. The minimum absolute atomic E-state index is 0.225. The highest BCUT2D eigenvalue weighted by Crippen LogP contribution is 2.25. The van der Waals surface area contributed by atoms with E-state index in [1.54, 1.807) is 0 Å². The molecule has 0 heterocycles. The number of aliphatic hydroxyl groups excluding tert-OH is 2. The summed E-state index contributed by atoms with van der Waals surface area (Å²) in [5.74, 6) is -1.18. The highest BCUT2D eigenvalue weighted by atomic mass is 19.1. The average Bonchev–Trinajstić information content (AvgIpc) is 2.27. The molecule has 0 saturated heterocycles. The molecular weight excluding hydrogens is 240 g/mol. The van der Waals surface area contributed by atoms with Crippen LogP contribution in [0.5, 0.6) is 0 Å². The summed E-state index contributed by atoms with van der Waals surface area (Å²) in [4.78, 5) is 0. The van der Waals surface area contributed by atoms with E-state index in [9.17, 15) is 13.9 Å². The van der Waals surface area contributed by atoms with Crippen LogP contribution in [0, 0.1) is 11.6 Å². The molecule has 3 nitrogen and oxygen atoms in total. The van der Waals surface area contributed by atoms with Crippen LogP contribution in [0.2, 0.25) is 0 Å². The Balaban J connectivity index is 2.67. The summed E-state index contributed by atoms with van der Waals surface area (Å²) in [5, 5.41) is 20.8. The van der Waals surface area contributed by atoms with E-state index in [4.69, 9.17) is 5.11 Å². The first-order valence-electron chi connectivity index (χ1n) is 5.82. The van der Waals surface area contributed by atoms with Crippen molar-refractivity contribution in [1.29, 1.82) is 0 Å². The molecule has 0 aliphatic rings. The maximum absolute atomic E-state index is 13.6. The Morgan fingerprint density at radius 1 is 1.33 bits per heavy atom. The van der Waals surface area contributed by atoms with Gasteiger partial charge in [0.1, 0.15) is 11.6 Å². The molecule has 0 radical (unpaired) electrons. The van der Waals surface area contributed by atoms with Crippen molar-refractivity contribution in [2.24, 2.45) is 0 Å². The first kappa shape index (κ1) is 15.0. The van der Waals surface area contributed by atoms with Gasteiger partial charge in [0.15, 0.2) is 0 Å². The monoisotopic (exact) mass is 259 g/mol. The van der Waals surface area contributed by atoms with Crippen molar-refractivity contribution >= 4 is 0 Å². The van der Waals surface area contributed by atoms with Crippen LogP contribution in [0.15, 0.2) is 18.2 Å². The van der Waals surface area contributed by atoms with Crippen LogP contribution < -0.4 is 5.32 Å². The molecule has 102 valence electrons. The van der Waals surface area contributed by atoms with E-state index >= 15 is 0 Å². The Morgan fingerprint density at radius 3 is 2.56 bits per heavy atom. The zero-order valence-corrected chi connectivity index (χ0v) is 10.6. The van der Waals surface area contributed by atoms with Gasteiger partial charge in [0, 0.05) is 24.6 Å². The lowest BCUT2D eigenvalue weighted by Gasteiger charge is -2.26. The SMILES string of the molecule is CC(C)(CNCC(O)CO)c1ccc(F)cc1F. The Labute approximate surface area is 105 Å². The van der Waals surface area contributed by atoms with Gasteiger partial charge in [-0.2, -0.15) is 0 Å². The molecule has 0 amide bonds. The van der Waals surface area contributed by atoms with E-state index in [2.05, 4.69) is 5.32 Å². The Hall–Kier alpha value is -1.04. The molecule has 1 unspecified atom stereocenters. The molecule has 0 aliphatic carbocycles. The van der Waals surface area contributed by atoms with Gasteiger partial charge in [0.2, 0.25) is 0 Å². The molecular formula is C13H19F2NO2. The second-order valence-electron chi connectivity index (χ2n) is 4.98. The quantitative estimate of drug-likeness (QED) is 0.719. The summed E-state index contributed by atoms with van der Waals surface area (Å²) < 4.78 is 26.5. The maximum atomic E-state index is 13.6. The molecule has 1 aromatic carbocycles. The lowest BCUT2D eigenvalue weighted by Crippen LogP contribution is -2.38. The third kappa shape index (κ3) is 4.01. The normalized spacial score (nSPS) is 13.7. The molecule has 0 saturated carbocycles. The van der Waals surface area contributed by atoms with Gasteiger partial charge in [-0.3, -0.25) is 0 Å². The van der Waals surface area contributed by atoms with Crippen LogP contribution in [-0.4, -0.2) is 36.0 Å². The van der Waals surface area contributed by atoms with Crippen LogP contribution in [0.4, 0.5) is 8.78 Å². The van der Waals surface area contributed by atoms with Crippen molar-refractivity contribution in [1.82, 2.24) is 5.32 Å². The molecule has 0 aliphatic heterocycles. The molecule has 1 atom stereocenters. The van der Waals surface area contributed by atoms with Crippen molar-refractivity contribution < 1.29 is 19.0 Å². The van der Waals surface area contributed by atoms with Gasteiger partial charge in [-0.05, 0) is 11.6 Å². The Bertz CT molecular complexity index is 397. The summed E-state index contributed by atoms with van der Waals surface area (Å²) in [6.07, 6.45) is -0.834. The Kier molecular flexibility index (Phi) is 5.19. The number of hydrogen-bond acceptors (Lipinski definition) is 3. The van der Waals surface area contributed by atoms with E-state index in [0.29, 0.717) is 12.1 Å². The lowest BCUT2D eigenvalue weighted by atomic mass is 9.84. The summed E-state index contributed by atoms with van der Waals surface area (Å²) in [5.41, 5.74) is -0.123. The highest BCUT2D eigenvalue weighted by molar-refractivity contribution is 5.26. The number of rotatable bonds is 6. The van der Waals surface area contributed by atoms with Gasteiger partial charge in [0.25, 0.3) is 0 Å². The van der Waals surface area contributed by atoms with Gasteiger partial charge in [-0.1, -0.05) is 19.9 Å². The van der Waals surface area contributed by atoms with Crippen LogP contribution in [0.25, 0.3) is 0 Å². The Morgan fingerprint density at radius 2 is 2.00 bits per heavy atom. The zero-order valence-electron chi connectivity index (χ0n) is 10.6. The van der Waals surface area contributed by atoms with Crippen LogP contribution in [0.3, 0.4) is 0 Å². The number of aliphatic hydroxyl groups is 2. The van der Waals surface area contributed by atoms with E-state index in [0.717, 1.165) is 6.07 Å². The third-order valence-corrected chi connectivity index (χ3v) is 2.82. The fourth-order valence-corrected chi connectivity index (χ4v) is 1.75. The summed E-state index contributed by atoms with van der Waals surface area (Å²) >= 11 is 0. The molecule has 1 aromatic rings. The van der Waals surface area contributed by atoms with Gasteiger partial charge in [-0.15, -0.1) is 0 Å². The molecule has 1 rings (SSSR count). The standard InChI is InChI=1S/C13H19F2NO2/c1-13(2,8-16-6-10(18)7-17)11-4-3-9(14)5-12(11)15/h3-5,10,16-18H,6-8H2,1-2H3. The predicted octanol–water partition coefficient (Wildman–Crippen LogP) is 1.19. The van der Waals surface area contributed by atoms with Gasteiger partial charge >= 0.3 is 0 Å².